The predicted octanol–water partition coefficient (Wildman–Crippen LogP) is 1.60. The molecule has 0 saturated carbocycles. The number of fused-ring (bicyclic) bond motifs is 1. The molecule has 11 heteroatoms. The van der Waals surface area contributed by atoms with E-state index in [-0.39, 0.29) is 36.9 Å². The van der Waals surface area contributed by atoms with Gasteiger partial charge in [-0.1, -0.05) is 24.3 Å². The molecule has 2 aromatic rings. The van der Waals surface area contributed by atoms with Crippen LogP contribution in [0.2, 0.25) is 0 Å². The first-order chi connectivity index (χ1) is 20.5. The Labute approximate surface area is 252 Å². The lowest BCUT2D eigenvalue weighted by molar-refractivity contribution is -0.138. The summed E-state index contributed by atoms with van der Waals surface area (Å²) in [7, 11) is 0. The summed E-state index contributed by atoms with van der Waals surface area (Å²) in [6.07, 6.45) is 0.534. The van der Waals surface area contributed by atoms with Gasteiger partial charge in [-0.25, -0.2) is 4.39 Å². The number of carboxylic acid groups (broad SMARTS) is 1. The summed E-state index contributed by atoms with van der Waals surface area (Å²) in [5.41, 5.74) is 2.06. The van der Waals surface area contributed by atoms with Gasteiger partial charge >= 0.3 is 5.97 Å². The molecule has 10 nitrogen and oxygen atoms in total. The fraction of sp³-hybridized carbons (Fsp3) is 0.531. The Morgan fingerprint density at radius 2 is 1.86 bits per heavy atom. The number of piperazine rings is 1. The first kappa shape index (κ1) is 31.1. The van der Waals surface area contributed by atoms with Crippen LogP contribution < -0.4 is 15.5 Å². The van der Waals surface area contributed by atoms with Crippen LogP contribution in [0.4, 0.5) is 10.1 Å². The minimum absolute atomic E-state index is 0.107. The predicted molar refractivity (Wildman–Crippen MR) is 161 cm³/mol. The van der Waals surface area contributed by atoms with Crippen LogP contribution in [-0.2, 0) is 31.0 Å². The van der Waals surface area contributed by atoms with E-state index in [1.54, 1.807) is 24.0 Å². The number of ether oxygens (including phenoxy) is 1. The van der Waals surface area contributed by atoms with Crippen LogP contribution in [0.1, 0.15) is 37.5 Å². The Bertz CT molecular complexity index is 1340. The maximum Gasteiger partial charge on any atom is 0.322 e. The molecule has 232 valence electrons. The van der Waals surface area contributed by atoms with E-state index < -0.39 is 23.8 Å². The third kappa shape index (κ3) is 7.06. The minimum atomic E-state index is -1.13. The summed E-state index contributed by atoms with van der Waals surface area (Å²) in [5.74, 6) is -1.98. The third-order valence-corrected chi connectivity index (χ3v) is 8.96. The van der Waals surface area contributed by atoms with E-state index in [9.17, 15) is 18.8 Å². The molecule has 3 N–H and O–H groups in total. The molecule has 0 aliphatic carbocycles. The van der Waals surface area contributed by atoms with E-state index in [1.807, 2.05) is 18.2 Å². The summed E-state index contributed by atoms with van der Waals surface area (Å²) in [5, 5.41) is 15.2. The van der Waals surface area contributed by atoms with E-state index >= 15 is 0 Å². The van der Waals surface area contributed by atoms with Crippen LogP contribution in [0, 0.1) is 5.82 Å². The highest BCUT2D eigenvalue weighted by Gasteiger charge is 2.47. The zero-order valence-electron chi connectivity index (χ0n) is 25.1. The lowest BCUT2D eigenvalue weighted by Gasteiger charge is -2.43. The topological polar surface area (TPSA) is 114 Å². The standard InChI is InChI=1S/C32H42FN5O5/c1-21-16-37(26(14-34-21)17-36-10-11-43-19-22(36)2)18-29(39)38-20-32(3,31(42)35-15-30(40)41)27-9-6-24(13-28(27)38)12-23-4-7-25(33)8-5-23/h4-9,13,21-22,26,34H,10-12,14-20H2,1-3H3,(H,35,42)(H,40,41)/t21-,22?,26-,32?/m1/s1. The quantitative estimate of drug-likeness (QED) is 0.401. The van der Waals surface area contributed by atoms with Gasteiger partial charge in [0.25, 0.3) is 0 Å². The fourth-order valence-electron chi connectivity index (χ4n) is 6.44. The van der Waals surface area contributed by atoms with Gasteiger partial charge < -0.3 is 25.4 Å². The van der Waals surface area contributed by atoms with Gasteiger partial charge in [-0.3, -0.25) is 24.2 Å². The number of hydrogen-bond donors (Lipinski definition) is 3. The SMILES string of the molecule is CC1COCCN1C[C@H]1CN[C@H](C)CN1CC(=O)N1CC(C)(C(=O)NCC(=O)O)c2ccc(Cc3ccc(F)cc3)cc21. The second-order valence-corrected chi connectivity index (χ2v) is 12.4. The maximum absolute atomic E-state index is 14.1. The van der Waals surface area contributed by atoms with Crippen LogP contribution in [0.15, 0.2) is 42.5 Å². The number of carbonyl (C=O) groups excluding carboxylic acids is 2. The molecule has 3 aliphatic rings. The fourth-order valence-corrected chi connectivity index (χ4v) is 6.44. The lowest BCUT2D eigenvalue weighted by Crippen LogP contribution is -2.62. The molecule has 0 spiro atoms. The van der Waals surface area contributed by atoms with Crippen molar-refractivity contribution >= 4 is 23.5 Å². The molecule has 2 fully saturated rings. The number of benzene rings is 2. The third-order valence-electron chi connectivity index (χ3n) is 8.96. The highest BCUT2D eigenvalue weighted by atomic mass is 19.1. The van der Waals surface area contributed by atoms with E-state index in [0.717, 1.165) is 37.3 Å². The monoisotopic (exact) mass is 595 g/mol. The Morgan fingerprint density at radius 1 is 1.12 bits per heavy atom. The molecule has 4 atom stereocenters. The van der Waals surface area contributed by atoms with Gasteiger partial charge in [-0.2, -0.15) is 0 Å². The minimum Gasteiger partial charge on any atom is -0.480 e. The number of hydrogen-bond acceptors (Lipinski definition) is 7. The molecule has 2 aromatic carbocycles. The summed E-state index contributed by atoms with van der Waals surface area (Å²) in [6, 6.07) is 12.7. The number of amides is 2. The van der Waals surface area contributed by atoms with E-state index in [1.165, 1.54) is 12.1 Å². The largest absolute Gasteiger partial charge is 0.480 e. The van der Waals surface area contributed by atoms with Crippen molar-refractivity contribution in [3.63, 3.8) is 0 Å². The van der Waals surface area contributed by atoms with E-state index in [0.29, 0.717) is 36.9 Å². The average Bonchev–Trinajstić information content (AvgIpc) is 3.28. The number of rotatable bonds is 9. The summed E-state index contributed by atoms with van der Waals surface area (Å²) < 4.78 is 19.1. The van der Waals surface area contributed by atoms with Gasteiger partial charge in [0.15, 0.2) is 0 Å². The van der Waals surface area contributed by atoms with E-state index in [4.69, 9.17) is 9.84 Å². The number of halogens is 1. The highest BCUT2D eigenvalue weighted by Crippen LogP contribution is 2.42. The van der Waals surface area contributed by atoms with Crippen molar-refractivity contribution in [3.8, 4) is 0 Å². The number of carbonyl (C=O) groups is 3. The molecular formula is C32H42FN5O5. The van der Waals surface area contributed by atoms with Crippen molar-refractivity contribution < 1.29 is 28.6 Å². The Morgan fingerprint density at radius 3 is 2.58 bits per heavy atom. The van der Waals surface area contributed by atoms with Crippen LogP contribution in [-0.4, -0.2) is 110 Å². The van der Waals surface area contributed by atoms with Crippen molar-refractivity contribution in [2.75, 3.05) is 63.9 Å². The van der Waals surface area contributed by atoms with Crippen LogP contribution in [0.3, 0.4) is 0 Å². The average molecular weight is 596 g/mol. The van der Waals surface area contributed by atoms with Crippen LogP contribution in [0.5, 0.6) is 0 Å². The molecule has 2 unspecified atom stereocenters. The molecule has 43 heavy (non-hydrogen) atoms. The van der Waals surface area contributed by atoms with Gasteiger partial charge in [0, 0.05) is 56.5 Å². The summed E-state index contributed by atoms with van der Waals surface area (Å²) >= 11 is 0. The number of nitrogens with one attached hydrogen (secondary N) is 2. The maximum atomic E-state index is 14.1. The molecular weight excluding hydrogens is 553 g/mol. The van der Waals surface area contributed by atoms with Crippen molar-refractivity contribution in [2.24, 2.45) is 0 Å². The highest BCUT2D eigenvalue weighted by molar-refractivity contribution is 6.03. The van der Waals surface area contributed by atoms with Gasteiger partial charge in [0.1, 0.15) is 12.4 Å². The number of nitrogens with zero attached hydrogens (tertiary/aromatic N) is 3. The van der Waals surface area contributed by atoms with Gasteiger partial charge in [-0.05, 0) is 62.1 Å². The summed E-state index contributed by atoms with van der Waals surface area (Å²) in [6.45, 7) is 10.4. The Balaban J connectivity index is 1.40. The first-order valence-electron chi connectivity index (χ1n) is 15.0. The molecule has 3 heterocycles. The van der Waals surface area contributed by atoms with Crippen LogP contribution >= 0.6 is 0 Å². The molecule has 0 radical (unpaired) electrons. The van der Waals surface area contributed by atoms with Gasteiger partial charge in [0.05, 0.1) is 25.2 Å². The second kappa shape index (κ2) is 13.1. The smallest absolute Gasteiger partial charge is 0.322 e. The number of aliphatic carboxylic acids is 1. The molecule has 0 bridgehead atoms. The van der Waals surface area contributed by atoms with Crippen molar-refractivity contribution in [1.82, 2.24) is 20.4 Å². The Kier molecular flexibility index (Phi) is 9.45. The number of morpholine rings is 1. The van der Waals surface area contributed by atoms with Crippen molar-refractivity contribution in [3.05, 3.63) is 65.0 Å². The molecule has 2 amide bonds. The zero-order chi connectivity index (χ0) is 30.7. The summed E-state index contributed by atoms with van der Waals surface area (Å²) in [4.78, 5) is 45.0. The van der Waals surface area contributed by atoms with E-state index in [2.05, 4.69) is 34.3 Å². The molecule has 2 saturated heterocycles. The first-order valence-corrected chi connectivity index (χ1v) is 15.0. The van der Waals surface area contributed by atoms with Crippen LogP contribution in [0.25, 0.3) is 0 Å². The molecule has 5 rings (SSSR count). The number of carboxylic acids is 1. The normalized spacial score (nSPS) is 26.2. The number of anilines is 1. The zero-order valence-corrected chi connectivity index (χ0v) is 25.1. The van der Waals surface area contributed by atoms with Gasteiger partial charge in [0.2, 0.25) is 11.8 Å². The van der Waals surface area contributed by atoms with Crippen molar-refractivity contribution in [2.45, 2.75) is 50.7 Å². The second-order valence-electron chi connectivity index (χ2n) is 12.4. The molecule has 3 aliphatic heterocycles. The Hall–Kier alpha value is -3.38. The van der Waals surface area contributed by atoms with Gasteiger partial charge in [-0.15, -0.1) is 0 Å². The molecule has 0 aromatic heterocycles. The lowest BCUT2D eigenvalue weighted by atomic mass is 9.83. The van der Waals surface area contributed by atoms with Crippen molar-refractivity contribution in [1.29, 1.82) is 0 Å².